The number of rotatable bonds is 3. The van der Waals surface area contributed by atoms with Gasteiger partial charge in [-0.15, -0.1) is 11.8 Å². The quantitative estimate of drug-likeness (QED) is 0.654. The first-order valence-corrected chi connectivity index (χ1v) is 5.24. The molecule has 0 aromatic rings. The van der Waals surface area contributed by atoms with E-state index in [0.717, 1.165) is 18.5 Å². The number of thioether (sulfide) groups is 1. The molecule has 3 heteroatoms. The third-order valence-corrected chi connectivity index (χ3v) is 3.11. The lowest BCUT2D eigenvalue weighted by molar-refractivity contribution is -0.109. The van der Waals surface area contributed by atoms with E-state index in [2.05, 4.69) is 12.2 Å². The molecule has 0 aliphatic carbocycles. The molecule has 0 aromatic heterocycles. The number of hydrogen-bond acceptors (Lipinski definition) is 3. The second kappa shape index (κ2) is 4.78. The van der Waals surface area contributed by atoms with Crippen LogP contribution < -0.4 is 5.32 Å². The Morgan fingerprint density at radius 1 is 1.73 bits per heavy atom. The molecule has 1 aliphatic heterocycles. The van der Waals surface area contributed by atoms with Crippen LogP contribution in [0, 0.1) is 0 Å². The van der Waals surface area contributed by atoms with Crippen molar-refractivity contribution in [3.63, 3.8) is 0 Å². The van der Waals surface area contributed by atoms with Crippen molar-refractivity contribution >= 4 is 18.0 Å². The second-order valence-electron chi connectivity index (χ2n) is 2.85. The summed E-state index contributed by atoms with van der Waals surface area (Å²) < 4.78 is 0. The molecule has 1 aliphatic rings. The summed E-state index contributed by atoms with van der Waals surface area (Å²) in [6.07, 6.45) is 4.39. The largest absolute Gasteiger partial charge is 0.302 e. The molecule has 1 saturated heterocycles. The minimum atomic E-state index is 0.118. The van der Waals surface area contributed by atoms with Crippen molar-refractivity contribution in [3.8, 4) is 0 Å². The molecule has 0 bridgehead atoms. The number of carbonyl (C=O) groups is 1. The lowest BCUT2D eigenvalue weighted by atomic mass is 10.2. The molecule has 2 nitrogen and oxygen atoms in total. The van der Waals surface area contributed by atoms with Gasteiger partial charge < -0.3 is 4.79 Å². The van der Waals surface area contributed by atoms with E-state index in [-0.39, 0.29) is 6.04 Å². The Morgan fingerprint density at radius 2 is 2.55 bits per heavy atom. The van der Waals surface area contributed by atoms with Gasteiger partial charge in [-0.05, 0) is 18.6 Å². The van der Waals surface area contributed by atoms with Gasteiger partial charge in [-0.2, -0.15) is 0 Å². The van der Waals surface area contributed by atoms with E-state index >= 15 is 0 Å². The highest BCUT2D eigenvalue weighted by Crippen LogP contribution is 2.20. The van der Waals surface area contributed by atoms with Crippen molar-refractivity contribution in [1.29, 1.82) is 0 Å². The van der Waals surface area contributed by atoms with Crippen LogP contribution in [0.4, 0.5) is 0 Å². The lowest BCUT2D eigenvalue weighted by Crippen LogP contribution is -2.41. The van der Waals surface area contributed by atoms with Crippen molar-refractivity contribution in [2.24, 2.45) is 0 Å². The van der Waals surface area contributed by atoms with E-state index in [1.807, 2.05) is 11.8 Å². The van der Waals surface area contributed by atoms with Crippen LogP contribution in [0.25, 0.3) is 0 Å². The van der Waals surface area contributed by atoms with Gasteiger partial charge in [0.1, 0.15) is 6.29 Å². The van der Waals surface area contributed by atoms with Gasteiger partial charge in [0.2, 0.25) is 0 Å². The van der Waals surface area contributed by atoms with Gasteiger partial charge in [-0.25, -0.2) is 0 Å². The molecule has 1 heterocycles. The average Bonchev–Trinajstić information content (AvgIpc) is 2.06. The van der Waals surface area contributed by atoms with Gasteiger partial charge in [-0.1, -0.05) is 13.3 Å². The van der Waals surface area contributed by atoms with Gasteiger partial charge in [0.05, 0.1) is 11.4 Å². The van der Waals surface area contributed by atoms with Gasteiger partial charge >= 0.3 is 0 Å². The van der Waals surface area contributed by atoms with E-state index in [0.29, 0.717) is 5.37 Å². The summed E-state index contributed by atoms with van der Waals surface area (Å²) in [6.45, 7) is 2.17. The highest BCUT2D eigenvalue weighted by molar-refractivity contribution is 7.99. The molecule has 11 heavy (non-hydrogen) atoms. The first kappa shape index (κ1) is 9.07. The molecule has 1 fully saturated rings. The number of aldehydes is 1. The molecule has 0 amide bonds. The third kappa shape index (κ3) is 2.83. The summed E-state index contributed by atoms with van der Waals surface area (Å²) >= 11 is 1.94. The zero-order valence-electron chi connectivity index (χ0n) is 6.88. The van der Waals surface area contributed by atoms with Gasteiger partial charge in [0.15, 0.2) is 0 Å². The van der Waals surface area contributed by atoms with Crippen LogP contribution >= 0.6 is 11.8 Å². The fourth-order valence-corrected chi connectivity index (χ4v) is 2.59. The normalized spacial score (nSPS) is 31.7. The summed E-state index contributed by atoms with van der Waals surface area (Å²) in [5, 5.41) is 3.82. The van der Waals surface area contributed by atoms with Gasteiger partial charge in [0.25, 0.3) is 0 Å². The van der Waals surface area contributed by atoms with Gasteiger partial charge in [-0.3, -0.25) is 5.32 Å². The Morgan fingerprint density at radius 3 is 3.18 bits per heavy atom. The van der Waals surface area contributed by atoms with Crippen molar-refractivity contribution in [3.05, 3.63) is 0 Å². The minimum absolute atomic E-state index is 0.118. The topological polar surface area (TPSA) is 29.1 Å². The smallest absolute Gasteiger partial charge is 0.136 e. The summed E-state index contributed by atoms with van der Waals surface area (Å²) in [5.41, 5.74) is 0. The van der Waals surface area contributed by atoms with Crippen LogP contribution in [0.2, 0.25) is 0 Å². The van der Waals surface area contributed by atoms with Crippen LogP contribution in [0.1, 0.15) is 26.2 Å². The minimum Gasteiger partial charge on any atom is -0.302 e. The summed E-state index contributed by atoms with van der Waals surface area (Å²) in [6, 6.07) is 0.118. The predicted molar refractivity (Wildman–Crippen MR) is 48.8 cm³/mol. The van der Waals surface area contributed by atoms with Gasteiger partial charge in [0, 0.05) is 0 Å². The van der Waals surface area contributed by atoms with Crippen LogP contribution in [-0.4, -0.2) is 23.5 Å². The Kier molecular flexibility index (Phi) is 3.94. The average molecular weight is 173 g/mol. The molecule has 0 spiro atoms. The zero-order chi connectivity index (χ0) is 8.10. The van der Waals surface area contributed by atoms with Crippen molar-refractivity contribution in [2.45, 2.75) is 37.6 Å². The predicted octanol–water partition coefficient (Wildman–Crippen LogP) is 1.41. The van der Waals surface area contributed by atoms with E-state index in [4.69, 9.17) is 0 Å². The maximum atomic E-state index is 10.4. The molecule has 2 atom stereocenters. The van der Waals surface area contributed by atoms with E-state index in [1.54, 1.807) is 0 Å². The first-order chi connectivity index (χ1) is 5.36. The molecule has 64 valence electrons. The Balaban J connectivity index is 2.27. The van der Waals surface area contributed by atoms with E-state index in [9.17, 15) is 4.79 Å². The molecule has 0 aromatic carbocycles. The first-order valence-electron chi connectivity index (χ1n) is 4.19. The maximum absolute atomic E-state index is 10.4. The van der Waals surface area contributed by atoms with E-state index in [1.165, 1.54) is 12.8 Å². The molecule has 1 unspecified atom stereocenters. The fraction of sp³-hybridized carbons (Fsp3) is 0.875. The Hall–Kier alpha value is -0.0200. The monoisotopic (exact) mass is 173 g/mol. The fourth-order valence-electron chi connectivity index (χ4n) is 1.24. The van der Waals surface area contributed by atoms with Crippen LogP contribution in [0.3, 0.4) is 0 Å². The molecular formula is C8H15NOS. The third-order valence-electron chi connectivity index (χ3n) is 1.86. The highest BCUT2D eigenvalue weighted by atomic mass is 32.2. The number of nitrogens with one attached hydrogen (secondary N) is 1. The second-order valence-corrected chi connectivity index (χ2v) is 4.16. The van der Waals surface area contributed by atoms with E-state index < -0.39 is 0 Å². The molecule has 0 saturated carbocycles. The molecular weight excluding hydrogens is 158 g/mol. The Labute approximate surface area is 72.1 Å². The standard InChI is InChI=1S/C8H15NOS/c1-2-3-8-9-7(6-10)4-5-11-8/h6-9H,2-5H2,1H3/t7-,8?/m0/s1. The van der Waals surface area contributed by atoms with Crippen LogP contribution in [0.15, 0.2) is 0 Å². The SMILES string of the molecule is CCCC1N[C@H](C=O)CCS1. The number of hydrogen-bond donors (Lipinski definition) is 1. The Bertz CT molecular complexity index is 127. The highest BCUT2D eigenvalue weighted by Gasteiger charge is 2.19. The molecule has 1 N–H and O–H groups in total. The summed E-state index contributed by atoms with van der Waals surface area (Å²) in [4.78, 5) is 10.4. The van der Waals surface area contributed by atoms with Crippen molar-refractivity contribution < 1.29 is 4.79 Å². The summed E-state index contributed by atoms with van der Waals surface area (Å²) in [5.74, 6) is 1.13. The number of carbonyl (C=O) groups excluding carboxylic acids is 1. The summed E-state index contributed by atoms with van der Waals surface area (Å²) in [7, 11) is 0. The van der Waals surface area contributed by atoms with Crippen molar-refractivity contribution in [2.75, 3.05) is 5.75 Å². The lowest BCUT2D eigenvalue weighted by Gasteiger charge is -2.26. The molecule has 1 rings (SSSR count). The van der Waals surface area contributed by atoms with Crippen LogP contribution in [0.5, 0.6) is 0 Å². The van der Waals surface area contributed by atoms with Crippen LogP contribution in [-0.2, 0) is 4.79 Å². The maximum Gasteiger partial charge on any atom is 0.136 e. The molecule has 0 radical (unpaired) electrons. The van der Waals surface area contributed by atoms with Crippen molar-refractivity contribution in [1.82, 2.24) is 5.32 Å². The zero-order valence-corrected chi connectivity index (χ0v) is 7.69.